The molecule has 1 aliphatic heterocycles. The predicted octanol–water partition coefficient (Wildman–Crippen LogP) is 1.42. The maximum atomic E-state index is 5.53. The molecule has 0 bridgehead atoms. The van der Waals surface area contributed by atoms with E-state index in [1.165, 1.54) is 0 Å². The molecular formula is C14H26N6. The maximum absolute atomic E-state index is 5.53. The molecule has 0 radical (unpaired) electrons. The Morgan fingerprint density at radius 3 is 2.55 bits per heavy atom. The third-order valence-electron chi connectivity index (χ3n) is 4.03. The summed E-state index contributed by atoms with van der Waals surface area (Å²) in [5.41, 5.74) is 2.78. The van der Waals surface area contributed by atoms with Gasteiger partial charge in [0.25, 0.3) is 0 Å². The first-order valence-corrected chi connectivity index (χ1v) is 7.15. The van der Waals surface area contributed by atoms with E-state index < -0.39 is 0 Å². The van der Waals surface area contributed by atoms with Gasteiger partial charge in [-0.1, -0.05) is 13.8 Å². The van der Waals surface area contributed by atoms with Crippen molar-refractivity contribution in [3.05, 3.63) is 11.9 Å². The van der Waals surface area contributed by atoms with Gasteiger partial charge in [-0.05, 0) is 20.9 Å². The van der Waals surface area contributed by atoms with Gasteiger partial charge in [0.2, 0.25) is 0 Å². The Labute approximate surface area is 121 Å². The predicted molar refractivity (Wildman–Crippen MR) is 82.9 cm³/mol. The number of likely N-dealkylation sites (N-methyl/N-ethyl adjacent to an activating group) is 1. The molecule has 20 heavy (non-hydrogen) atoms. The lowest BCUT2D eigenvalue weighted by Crippen LogP contribution is -2.58. The Hall–Kier alpha value is -1.40. The van der Waals surface area contributed by atoms with Crippen LogP contribution in [-0.4, -0.2) is 47.1 Å². The van der Waals surface area contributed by atoms with Crippen molar-refractivity contribution in [1.82, 2.24) is 14.9 Å². The minimum atomic E-state index is 0.136. The molecule has 1 saturated heterocycles. The van der Waals surface area contributed by atoms with Crippen LogP contribution in [0.5, 0.6) is 0 Å². The molecule has 0 unspecified atom stereocenters. The minimum absolute atomic E-state index is 0.136. The monoisotopic (exact) mass is 278 g/mol. The molecule has 3 N–H and O–H groups in total. The van der Waals surface area contributed by atoms with Crippen molar-refractivity contribution < 1.29 is 0 Å². The maximum Gasteiger partial charge on any atom is 0.145 e. The van der Waals surface area contributed by atoms with E-state index in [2.05, 4.69) is 55.0 Å². The topological polar surface area (TPSA) is 70.3 Å². The van der Waals surface area contributed by atoms with Crippen LogP contribution in [0.25, 0.3) is 0 Å². The molecule has 1 fully saturated rings. The van der Waals surface area contributed by atoms with E-state index in [4.69, 9.17) is 10.8 Å². The van der Waals surface area contributed by atoms with Crippen LogP contribution in [0.1, 0.15) is 39.4 Å². The highest BCUT2D eigenvalue weighted by Crippen LogP contribution is 2.25. The number of nitrogens with one attached hydrogen (secondary N) is 1. The zero-order valence-corrected chi connectivity index (χ0v) is 13.1. The summed E-state index contributed by atoms with van der Waals surface area (Å²) in [4.78, 5) is 13.8. The van der Waals surface area contributed by atoms with Gasteiger partial charge >= 0.3 is 0 Å². The average molecular weight is 278 g/mol. The highest BCUT2D eigenvalue weighted by Gasteiger charge is 2.31. The van der Waals surface area contributed by atoms with Crippen molar-refractivity contribution >= 4 is 11.6 Å². The van der Waals surface area contributed by atoms with Crippen molar-refractivity contribution in [2.75, 3.05) is 37.0 Å². The lowest BCUT2D eigenvalue weighted by Gasteiger charge is -2.45. The van der Waals surface area contributed by atoms with Gasteiger partial charge in [-0.15, -0.1) is 0 Å². The molecule has 1 aromatic rings. The molecule has 1 aliphatic rings. The molecule has 0 aliphatic carbocycles. The van der Waals surface area contributed by atoms with Crippen LogP contribution in [-0.2, 0) is 0 Å². The summed E-state index contributed by atoms with van der Waals surface area (Å²) in [6, 6.07) is 1.92. The standard InChI is InChI=1S/C14H26N6/c1-10(2)13-16-11(18-15)8-12(17-13)20-7-6-19(5)14(3,4)9-20/h8,10H,6-7,9,15H2,1-5H3,(H,16,17,18). The fourth-order valence-corrected chi connectivity index (χ4v) is 2.38. The Kier molecular flexibility index (Phi) is 4.15. The molecule has 0 aromatic carbocycles. The second-order valence-electron chi connectivity index (χ2n) is 6.42. The molecule has 0 amide bonds. The summed E-state index contributed by atoms with van der Waals surface area (Å²) in [7, 11) is 2.17. The first-order valence-electron chi connectivity index (χ1n) is 7.15. The summed E-state index contributed by atoms with van der Waals surface area (Å²) >= 11 is 0. The molecule has 112 valence electrons. The summed E-state index contributed by atoms with van der Waals surface area (Å²) in [5.74, 6) is 8.26. The number of anilines is 2. The van der Waals surface area contributed by atoms with Crippen molar-refractivity contribution in [2.24, 2.45) is 5.84 Å². The SMILES string of the molecule is CC(C)c1nc(NN)cc(N2CCN(C)C(C)(C)C2)n1. The largest absolute Gasteiger partial charge is 0.353 e. The number of piperazine rings is 1. The third kappa shape index (κ3) is 3.02. The van der Waals surface area contributed by atoms with Gasteiger partial charge in [0, 0.05) is 37.2 Å². The second kappa shape index (κ2) is 5.54. The highest BCUT2D eigenvalue weighted by molar-refractivity contribution is 5.50. The van der Waals surface area contributed by atoms with Crippen LogP contribution in [0.3, 0.4) is 0 Å². The number of hydrogen-bond acceptors (Lipinski definition) is 6. The smallest absolute Gasteiger partial charge is 0.145 e. The number of rotatable bonds is 3. The summed E-state index contributed by atoms with van der Waals surface area (Å²) in [6.07, 6.45) is 0. The fraction of sp³-hybridized carbons (Fsp3) is 0.714. The van der Waals surface area contributed by atoms with Crippen molar-refractivity contribution in [3.63, 3.8) is 0 Å². The highest BCUT2D eigenvalue weighted by atomic mass is 15.3. The fourth-order valence-electron chi connectivity index (χ4n) is 2.38. The number of aromatic nitrogens is 2. The Balaban J connectivity index is 2.30. The molecule has 2 heterocycles. The Bertz CT molecular complexity index is 471. The van der Waals surface area contributed by atoms with Crippen LogP contribution < -0.4 is 16.2 Å². The van der Waals surface area contributed by atoms with Gasteiger partial charge in [0.15, 0.2) is 0 Å². The Morgan fingerprint density at radius 2 is 2.00 bits per heavy atom. The van der Waals surface area contributed by atoms with E-state index in [0.29, 0.717) is 5.82 Å². The van der Waals surface area contributed by atoms with E-state index in [-0.39, 0.29) is 11.5 Å². The minimum Gasteiger partial charge on any atom is -0.353 e. The van der Waals surface area contributed by atoms with Crippen LogP contribution in [0.4, 0.5) is 11.6 Å². The molecule has 0 spiro atoms. The van der Waals surface area contributed by atoms with E-state index in [9.17, 15) is 0 Å². The molecular weight excluding hydrogens is 252 g/mol. The van der Waals surface area contributed by atoms with Crippen molar-refractivity contribution in [3.8, 4) is 0 Å². The van der Waals surface area contributed by atoms with Crippen LogP contribution in [0.15, 0.2) is 6.07 Å². The van der Waals surface area contributed by atoms with Crippen molar-refractivity contribution in [1.29, 1.82) is 0 Å². The molecule has 6 nitrogen and oxygen atoms in total. The molecule has 1 aromatic heterocycles. The Morgan fingerprint density at radius 1 is 1.30 bits per heavy atom. The van der Waals surface area contributed by atoms with Gasteiger partial charge in [-0.2, -0.15) is 0 Å². The number of nitrogens with two attached hydrogens (primary N) is 1. The molecule has 2 rings (SSSR count). The van der Waals surface area contributed by atoms with E-state index in [1.807, 2.05) is 6.07 Å². The number of hydrazine groups is 1. The molecule has 6 heteroatoms. The number of nitrogen functional groups attached to an aromatic ring is 1. The van der Waals surface area contributed by atoms with E-state index in [1.54, 1.807) is 0 Å². The zero-order chi connectivity index (χ0) is 14.9. The van der Waals surface area contributed by atoms with Gasteiger partial charge in [-0.25, -0.2) is 15.8 Å². The van der Waals surface area contributed by atoms with Gasteiger partial charge in [0.1, 0.15) is 17.5 Å². The lowest BCUT2D eigenvalue weighted by atomic mass is 10.00. The van der Waals surface area contributed by atoms with Gasteiger partial charge < -0.3 is 10.3 Å². The van der Waals surface area contributed by atoms with E-state index >= 15 is 0 Å². The quantitative estimate of drug-likeness (QED) is 0.643. The second-order valence-corrected chi connectivity index (χ2v) is 6.42. The normalized spacial score (nSPS) is 19.4. The van der Waals surface area contributed by atoms with Crippen LogP contribution in [0, 0.1) is 0 Å². The van der Waals surface area contributed by atoms with Crippen LogP contribution >= 0.6 is 0 Å². The first-order chi connectivity index (χ1) is 9.33. The third-order valence-corrected chi connectivity index (χ3v) is 4.03. The van der Waals surface area contributed by atoms with Gasteiger partial charge in [-0.3, -0.25) is 4.90 Å². The number of nitrogens with zero attached hydrogens (tertiary/aromatic N) is 4. The zero-order valence-electron chi connectivity index (χ0n) is 13.1. The van der Waals surface area contributed by atoms with Gasteiger partial charge in [0.05, 0.1) is 0 Å². The molecule has 0 saturated carbocycles. The van der Waals surface area contributed by atoms with Crippen molar-refractivity contribution in [2.45, 2.75) is 39.2 Å². The average Bonchev–Trinajstić information content (AvgIpc) is 2.41. The number of hydrogen-bond donors (Lipinski definition) is 2. The molecule has 0 atom stereocenters. The lowest BCUT2D eigenvalue weighted by molar-refractivity contribution is 0.138. The summed E-state index contributed by atoms with van der Waals surface area (Å²) in [5, 5.41) is 0. The van der Waals surface area contributed by atoms with E-state index in [0.717, 1.165) is 31.3 Å². The summed E-state index contributed by atoms with van der Waals surface area (Å²) in [6.45, 7) is 11.6. The first kappa shape index (κ1) is 15.0. The van der Waals surface area contributed by atoms with Crippen LogP contribution in [0.2, 0.25) is 0 Å². The summed E-state index contributed by atoms with van der Waals surface area (Å²) < 4.78 is 0.